The topological polar surface area (TPSA) is 61.4 Å². The van der Waals surface area contributed by atoms with E-state index in [2.05, 4.69) is 10.6 Å². The second-order valence-electron chi connectivity index (χ2n) is 6.33. The maximum atomic E-state index is 12.5. The van der Waals surface area contributed by atoms with Crippen molar-refractivity contribution in [2.75, 3.05) is 11.9 Å². The monoisotopic (exact) mass is 388 g/mol. The van der Waals surface area contributed by atoms with Crippen molar-refractivity contribution in [2.24, 2.45) is 0 Å². The summed E-state index contributed by atoms with van der Waals surface area (Å²) in [6.07, 6.45) is -4.87. The summed E-state index contributed by atoms with van der Waals surface area (Å²) in [5.74, 6) is 0. The number of aliphatic hydroxyl groups excluding tert-OH is 1. The van der Waals surface area contributed by atoms with Crippen LogP contribution < -0.4 is 10.6 Å². The lowest BCUT2D eigenvalue weighted by Crippen LogP contribution is -2.30. The maximum Gasteiger partial charge on any atom is 0.416 e. The highest BCUT2D eigenvalue weighted by molar-refractivity contribution is 5.89. The fourth-order valence-corrected chi connectivity index (χ4v) is 2.94. The van der Waals surface area contributed by atoms with Crippen molar-refractivity contribution in [2.45, 2.75) is 18.7 Å². The normalized spacial score (nSPS) is 12.6. The minimum atomic E-state index is -4.42. The van der Waals surface area contributed by atoms with Gasteiger partial charge in [-0.1, -0.05) is 42.5 Å². The van der Waals surface area contributed by atoms with Crippen molar-refractivity contribution >= 4 is 22.5 Å². The third-order valence-electron chi connectivity index (χ3n) is 4.36. The summed E-state index contributed by atoms with van der Waals surface area (Å²) in [6, 6.07) is 17.0. The Morgan fingerprint density at radius 3 is 2.36 bits per heavy atom. The molecule has 3 N–H and O–H groups in total. The summed E-state index contributed by atoms with van der Waals surface area (Å²) in [4.78, 5) is 11.9. The van der Waals surface area contributed by atoms with E-state index in [1.807, 2.05) is 42.5 Å². The van der Waals surface area contributed by atoms with Crippen LogP contribution in [0.1, 0.15) is 23.7 Å². The highest BCUT2D eigenvalue weighted by Gasteiger charge is 2.29. The molecule has 146 valence electrons. The van der Waals surface area contributed by atoms with Gasteiger partial charge in [-0.2, -0.15) is 13.2 Å². The van der Waals surface area contributed by atoms with E-state index in [1.54, 1.807) is 0 Å². The molecule has 0 spiro atoms. The van der Waals surface area contributed by atoms with Gasteiger partial charge in [-0.15, -0.1) is 0 Å². The Morgan fingerprint density at radius 1 is 0.964 bits per heavy atom. The van der Waals surface area contributed by atoms with Gasteiger partial charge in [0.05, 0.1) is 11.7 Å². The Bertz CT molecular complexity index is 951. The van der Waals surface area contributed by atoms with E-state index in [0.29, 0.717) is 6.42 Å². The molecule has 1 atom stereocenters. The average Bonchev–Trinajstić information content (AvgIpc) is 2.67. The molecule has 0 fully saturated rings. The molecule has 3 aromatic rings. The molecule has 0 aliphatic carbocycles. The number of alkyl halides is 3. The van der Waals surface area contributed by atoms with Gasteiger partial charge in [-0.05, 0) is 47.0 Å². The number of nitrogens with one attached hydrogen (secondary N) is 2. The van der Waals surface area contributed by atoms with Crippen molar-refractivity contribution in [3.8, 4) is 0 Å². The number of amides is 2. The molecule has 0 saturated heterocycles. The predicted molar refractivity (Wildman–Crippen MR) is 102 cm³/mol. The molecule has 0 aromatic heterocycles. The number of fused-ring (bicyclic) bond motifs is 1. The molecular formula is C21H19F3N2O2. The number of carbonyl (C=O) groups is 1. The van der Waals surface area contributed by atoms with Crippen molar-refractivity contribution in [1.29, 1.82) is 0 Å². The number of rotatable bonds is 5. The average molecular weight is 388 g/mol. The van der Waals surface area contributed by atoms with Gasteiger partial charge < -0.3 is 15.7 Å². The first-order valence-electron chi connectivity index (χ1n) is 8.72. The third kappa shape index (κ3) is 4.80. The predicted octanol–water partition coefficient (Wildman–Crippen LogP) is 5.10. The van der Waals surface area contributed by atoms with E-state index in [-0.39, 0.29) is 12.2 Å². The van der Waals surface area contributed by atoms with E-state index in [1.165, 1.54) is 12.1 Å². The van der Waals surface area contributed by atoms with Crippen LogP contribution in [0, 0.1) is 0 Å². The number of anilines is 1. The highest BCUT2D eigenvalue weighted by Crippen LogP contribution is 2.30. The molecule has 0 aliphatic rings. The quantitative estimate of drug-likeness (QED) is 0.569. The highest BCUT2D eigenvalue weighted by atomic mass is 19.4. The summed E-state index contributed by atoms with van der Waals surface area (Å²) in [7, 11) is 0. The molecule has 0 saturated carbocycles. The molecule has 2 amide bonds. The molecule has 3 aromatic carbocycles. The fraction of sp³-hybridized carbons (Fsp3) is 0.190. The van der Waals surface area contributed by atoms with Gasteiger partial charge in [0, 0.05) is 12.2 Å². The Labute approximate surface area is 160 Å². The summed E-state index contributed by atoms with van der Waals surface area (Å²) in [6.45, 7) is 0.205. The van der Waals surface area contributed by atoms with Crippen LogP contribution in [-0.4, -0.2) is 17.7 Å². The number of benzene rings is 3. The van der Waals surface area contributed by atoms with Crippen LogP contribution in [0.2, 0.25) is 0 Å². The number of hydrogen-bond acceptors (Lipinski definition) is 2. The molecule has 28 heavy (non-hydrogen) atoms. The van der Waals surface area contributed by atoms with Crippen LogP contribution in [0.3, 0.4) is 0 Å². The van der Waals surface area contributed by atoms with Gasteiger partial charge in [0.1, 0.15) is 0 Å². The van der Waals surface area contributed by atoms with Crippen molar-refractivity contribution < 1.29 is 23.1 Å². The molecule has 1 unspecified atom stereocenters. The molecule has 0 heterocycles. The first-order chi connectivity index (χ1) is 13.3. The van der Waals surface area contributed by atoms with E-state index < -0.39 is 23.9 Å². The molecule has 4 nitrogen and oxygen atoms in total. The molecule has 0 aliphatic heterocycles. The van der Waals surface area contributed by atoms with Gasteiger partial charge in [-0.3, -0.25) is 0 Å². The third-order valence-corrected chi connectivity index (χ3v) is 4.36. The minimum absolute atomic E-state index is 0.205. The second kappa shape index (κ2) is 8.31. The van der Waals surface area contributed by atoms with Crippen LogP contribution in [0.25, 0.3) is 10.8 Å². The standard InChI is InChI=1S/C21H19F3N2O2/c22-21(23,24)15-8-10-16(11-9-15)26-20(28)25-13-12-19(27)18-7-3-5-14-4-1-2-6-17(14)18/h1-11,19,27H,12-13H2,(H2,25,26,28). The summed E-state index contributed by atoms with van der Waals surface area (Å²) < 4.78 is 37.6. The summed E-state index contributed by atoms with van der Waals surface area (Å²) in [5.41, 5.74) is 0.250. The number of aliphatic hydroxyl groups is 1. The SMILES string of the molecule is O=C(NCCC(O)c1cccc2ccccc12)Nc1ccc(C(F)(F)F)cc1. The van der Waals surface area contributed by atoms with Gasteiger partial charge in [0.2, 0.25) is 0 Å². The van der Waals surface area contributed by atoms with Crippen LogP contribution >= 0.6 is 0 Å². The largest absolute Gasteiger partial charge is 0.416 e. The van der Waals surface area contributed by atoms with Crippen LogP contribution in [0.4, 0.5) is 23.7 Å². The summed E-state index contributed by atoms with van der Waals surface area (Å²) >= 11 is 0. The Balaban J connectivity index is 1.52. The zero-order chi connectivity index (χ0) is 20.1. The van der Waals surface area contributed by atoms with Crippen molar-refractivity contribution in [1.82, 2.24) is 5.32 Å². The first kappa shape index (κ1) is 19.7. The lowest BCUT2D eigenvalue weighted by molar-refractivity contribution is -0.137. The molecule has 7 heteroatoms. The van der Waals surface area contributed by atoms with E-state index in [9.17, 15) is 23.1 Å². The number of halogens is 3. The lowest BCUT2D eigenvalue weighted by Gasteiger charge is -2.15. The van der Waals surface area contributed by atoms with Gasteiger partial charge >= 0.3 is 12.2 Å². The maximum absolute atomic E-state index is 12.5. The number of urea groups is 1. The zero-order valence-corrected chi connectivity index (χ0v) is 14.8. The van der Waals surface area contributed by atoms with E-state index in [0.717, 1.165) is 28.5 Å². The van der Waals surface area contributed by atoms with Gasteiger partial charge in [-0.25, -0.2) is 4.79 Å². The van der Waals surface area contributed by atoms with Gasteiger partial charge in [0.25, 0.3) is 0 Å². The fourth-order valence-electron chi connectivity index (χ4n) is 2.94. The minimum Gasteiger partial charge on any atom is -0.388 e. The molecule has 0 radical (unpaired) electrons. The van der Waals surface area contributed by atoms with E-state index in [4.69, 9.17) is 0 Å². The molecular weight excluding hydrogens is 369 g/mol. The molecule has 0 bridgehead atoms. The smallest absolute Gasteiger partial charge is 0.388 e. The lowest BCUT2D eigenvalue weighted by atomic mass is 9.99. The number of carbonyl (C=O) groups excluding carboxylic acids is 1. The molecule has 3 rings (SSSR count). The summed E-state index contributed by atoms with van der Waals surface area (Å²) in [5, 5.41) is 17.5. The van der Waals surface area contributed by atoms with Crippen LogP contribution in [0.5, 0.6) is 0 Å². The van der Waals surface area contributed by atoms with Crippen molar-refractivity contribution in [3.63, 3.8) is 0 Å². The Kier molecular flexibility index (Phi) is 5.84. The van der Waals surface area contributed by atoms with Crippen LogP contribution in [0.15, 0.2) is 66.7 Å². The first-order valence-corrected chi connectivity index (χ1v) is 8.72. The Morgan fingerprint density at radius 2 is 1.64 bits per heavy atom. The Hall–Kier alpha value is -3.06. The second-order valence-corrected chi connectivity index (χ2v) is 6.33. The van der Waals surface area contributed by atoms with E-state index >= 15 is 0 Å². The van der Waals surface area contributed by atoms with Crippen LogP contribution in [-0.2, 0) is 6.18 Å². The zero-order valence-electron chi connectivity index (χ0n) is 14.8. The van der Waals surface area contributed by atoms with Crippen molar-refractivity contribution in [3.05, 3.63) is 77.9 Å². The number of hydrogen-bond donors (Lipinski definition) is 3. The van der Waals surface area contributed by atoms with Gasteiger partial charge in [0.15, 0.2) is 0 Å².